The molecule has 0 heterocycles. The number of allylic oxidation sites excluding steroid dienone is 1. The number of hydrogen-bond acceptors (Lipinski definition) is 6. The Balaban J connectivity index is 1.80. The second-order valence-corrected chi connectivity index (χ2v) is 11.2. The van der Waals surface area contributed by atoms with E-state index in [-0.39, 0.29) is 35.9 Å². The van der Waals surface area contributed by atoms with Crippen LogP contribution in [0.2, 0.25) is 0 Å². The first kappa shape index (κ1) is 25.8. The summed E-state index contributed by atoms with van der Waals surface area (Å²) < 4.78 is 16.4. The van der Waals surface area contributed by atoms with Crippen LogP contribution in [-0.2, 0) is 28.6 Å². The van der Waals surface area contributed by atoms with E-state index in [9.17, 15) is 14.4 Å². The lowest BCUT2D eigenvalue weighted by molar-refractivity contribution is -0.161. The average Bonchev–Trinajstić information content (AvgIpc) is 2.72. The van der Waals surface area contributed by atoms with Crippen molar-refractivity contribution in [3.63, 3.8) is 0 Å². The zero-order valence-electron chi connectivity index (χ0n) is 21.3. The molecule has 2 saturated carbocycles. The maximum Gasteiger partial charge on any atom is 0.317 e. The smallest absolute Gasteiger partial charge is 0.317 e. The van der Waals surface area contributed by atoms with Gasteiger partial charge in [-0.15, -0.1) is 0 Å². The van der Waals surface area contributed by atoms with Gasteiger partial charge in [0.1, 0.15) is 12.5 Å². The molecule has 0 unspecified atom stereocenters. The fraction of sp³-hybridized carbons (Fsp3) is 0.815. The molecular weight excluding hydrogens is 420 g/mol. The molecule has 0 bridgehead atoms. The first-order valence-corrected chi connectivity index (χ1v) is 12.7. The zero-order valence-corrected chi connectivity index (χ0v) is 21.3. The van der Waals surface area contributed by atoms with E-state index in [0.717, 1.165) is 38.5 Å². The molecule has 0 radical (unpaired) electrons. The summed E-state index contributed by atoms with van der Waals surface area (Å²) in [5, 5.41) is 0. The Morgan fingerprint density at radius 3 is 2.42 bits per heavy atom. The molecule has 6 heteroatoms. The molecule has 0 saturated heterocycles. The summed E-state index contributed by atoms with van der Waals surface area (Å²) in [4.78, 5) is 35.8. The van der Waals surface area contributed by atoms with Gasteiger partial charge < -0.3 is 14.2 Å². The van der Waals surface area contributed by atoms with Gasteiger partial charge in [-0.1, -0.05) is 40.2 Å². The summed E-state index contributed by atoms with van der Waals surface area (Å²) in [7, 11) is 0. The van der Waals surface area contributed by atoms with Gasteiger partial charge in [-0.3, -0.25) is 14.4 Å². The van der Waals surface area contributed by atoms with Crippen LogP contribution in [0.4, 0.5) is 0 Å². The number of carbonyl (C=O) groups is 3. The lowest BCUT2D eigenvalue weighted by atomic mass is 9.46. The van der Waals surface area contributed by atoms with E-state index < -0.39 is 11.9 Å². The number of hydrogen-bond donors (Lipinski definition) is 0. The van der Waals surface area contributed by atoms with Gasteiger partial charge in [0.15, 0.2) is 0 Å². The first-order chi connectivity index (χ1) is 15.5. The van der Waals surface area contributed by atoms with Gasteiger partial charge in [0.25, 0.3) is 0 Å². The molecule has 3 aliphatic rings. The van der Waals surface area contributed by atoms with Crippen molar-refractivity contribution in [1.29, 1.82) is 0 Å². The lowest BCUT2D eigenvalue weighted by Gasteiger charge is -2.60. The molecule has 0 aromatic heterocycles. The molecule has 0 aromatic carbocycles. The van der Waals surface area contributed by atoms with Crippen LogP contribution < -0.4 is 0 Å². The average molecular weight is 463 g/mol. The maximum absolute atomic E-state index is 12.2. The van der Waals surface area contributed by atoms with Crippen molar-refractivity contribution in [3.05, 3.63) is 11.6 Å². The Morgan fingerprint density at radius 1 is 1.09 bits per heavy atom. The predicted octanol–water partition coefficient (Wildman–Crippen LogP) is 5.24. The fourth-order valence-corrected chi connectivity index (χ4v) is 7.15. The highest BCUT2D eigenvalue weighted by Crippen LogP contribution is 2.63. The highest BCUT2D eigenvalue weighted by atomic mass is 16.6. The van der Waals surface area contributed by atoms with Crippen LogP contribution in [-0.4, -0.2) is 37.2 Å². The van der Waals surface area contributed by atoms with E-state index in [1.165, 1.54) is 12.5 Å². The molecule has 186 valence electrons. The molecule has 3 aliphatic carbocycles. The van der Waals surface area contributed by atoms with Gasteiger partial charge >= 0.3 is 17.9 Å². The largest absolute Gasteiger partial charge is 0.466 e. The van der Waals surface area contributed by atoms with Gasteiger partial charge in [0.05, 0.1) is 13.2 Å². The molecule has 0 aliphatic heterocycles. The SMILES string of the molecule is CCOC(=O)CC(=O)OC[C@]1(C)CCC[C@]2(C)[C@H]3CC[C@@H](C(C)C)[C@H](OC(C)=O)C3=CC[C@@H]12. The minimum atomic E-state index is -0.537. The van der Waals surface area contributed by atoms with E-state index in [2.05, 4.69) is 33.8 Å². The molecule has 0 amide bonds. The normalized spacial score (nSPS) is 35.7. The van der Waals surface area contributed by atoms with Gasteiger partial charge in [-0.2, -0.15) is 0 Å². The van der Waals surface area contributed by atoms with Crippen LogP contribution in [0.5, 0.6) is 0 Å². The Labute approximate surface area is 198 Å². The summed E-state index contributed by atoms with van der Waals surface area (Å²) in [6.45, 7) is 12.9. The van der Waals surface area contributed by atoms with E-state index in [1.54, 1.807) is 6.92 Å². The van der Waals surface area contributed by atoms with E-state index in [4.69, 9.17) is 14.2 Å². The fourth-order valence-electron chi connectivity index (χ4n) is 7.15. The van der Waals surface area contributed by atoms with Crippen LogP contribution in [0.3, 0.4) is 0 Å². The first-order valence-electron chi connectivity index (χ1n) is 12.7. The van der Waals surface area contributed by atoms with Crippen LogP contribution in [0.15, 0.2) is 11.6 Å². The molecule has 0 N–H and O–H groups in total. The van der Waals surface area contributed by atoms with Gasteiger partial charge in [0.2, 0.25) is 0 Å². The van der Waals surface area contributed by atoms with Crippen LogP contribution in [0.25, 0.3) is 0 Å². The third-order valence-corrected chi connectivity index (χ3v) is 8.70. The highest BCUT2D eigenvalue weighted by Gasteiger charge is 2.57. The van der Waals surface area contributed by atoms with Crippen molar-refractivity contribution in [2.24, 2.45) is 34.5 Å². The topological polar surface area (TPSA) is 78.9 Å². The quantitative estimate of drug-likeness (QED) is 0.223. The molecule has 33 heavy (non-hydrogen) atoms. The van der Waals surface area contributed by atoms with Gasteiger partial charge in [-0.25, -0.2) is 0 Å². The third-order valence-electron chi connectivity index (χ3n) is 8.70. The highest BCUT2D eigenvalue weighted by molar-refractivity contribution is 5.91. The van der Waals surface area contributed by atoms with Crippen molar-refractivity contribution < 1.29 is 28.6 Å². The molecule has 2 fully saturated rings. The number of ether oxygens (including phenoxy) is 3. The lowest BCUT2D eigenvalue weighted by Crippen LogP contribution is -2.54. The summed E-state index contributed by atoms with van der Waals surface area (Å²) in [5.41, 5.74) is 1.24. The summed E-state index contributed by atoms with van der Waals surface area (Å²) in [6.07, 6.45) is 8.15. The van der Waals surface area contributed by atoms with E-state index in [0.29, 0.717) is 30.3 Å². The monoisotopic (exact) mass is 462 g/mol. The second-order valence-electron chi connectivity index (χ2n) is 11.2. The van der Waals surface area contributed by atoms with Crippen molar-refractivity contribution in [1.82, 2.24) is 0 Å². The predicted molar refractivity (Wildman–Crippen MR) is 125 cm³/mol. The molecular formula is C27H42O6. The molecule has 0 spiro atoms. The van der Waals surface area contributed by atoms with E-state index >= 15 is 0 Å². The number of carbonyl (C=O) groups excluding carboxylic acids is 3. The number of fused-ring (bicyclic) bond motifs is 3. The Bertz CT molecular complexity index is 785. The maximum atomic E-state index is 12.2. The summed E-state index contributed by atoms with van der Waals surface area (Å²) >= 11 is 0. The summed E-state index contributed by atoms with van der Waals surface area (Å²) in [6, 6.07) is 0. The van der Waals surface area contributed by atoms with Gasteiger partial charge in [-0.05, 0) is 67.8 Å². The minimum Gasteiger partial charge on any atom is -0.466 e. The van der Waals surface area contributed by atoms with Gasteiger partial charge in [0, 0.05) is 18.3 Å². The van der Waals surface area contributed by atoms with Crippen LogP contribution in [0, 0.1) is 34.5 Å². The van der Waals surface area contributed by atoms with E-state index in [1.807, 2.05) is 0 Å². The molecule has 6 nitrogen and oxygen atoms in total. The second kappa shape index (κ2) is 10.2. The Morgan fingerprint density at radius 2 is 1.79 bits per heavy atom. The van der Waals surface area contributed by atoms with Crippen molar-refractivity contribution in [2.75, 3.05) is 13.2 Å². The van der Waals surface area contributed by atoms with Crippen LogP contribution in [0.1, 0.15) is 86.5 Å². The third kappa shape index (κ3) is 5.30. The zero-order chi connectivity index (χ0) is 24.4. The Hall–Kier alpha value is -1.85. The molecule has 0 aromatic rings. The minimum absolute atomic E-state index is 0.0744. The van der Waals surface area contributed by atoms with Crippen LogP contribution >= 0.6 is 0 Å². The molecule has 6 atom stereocenters. The van der Waals surface area contributed by atoms with Crippen molar-refractivity contribution in [2.45, 2.75) is 92.6 Å². The standard InChI is InChI=1S/C27H42O6/c1-7-31-23(29)15-24(30)32-16-26(5)13-8-14-27(6)21-11-9-19(17(2)3)25(33-18(4)28)20(21)10-12-22(26)27/h10,17,19,21-22,25H,7-9,11-16H2,1-6H3/t19-,21-,22-,25-,26-,27+/m0/s1. The summed E-state index contributed by atoms with van der Waals surface area (Å²) in [5.74, 6) is 0.307. The Kier molecular flexibility index (Phi) is 7.95. The van der Waals surface area contributed by atoms with Crippen molar-refractivity contribution in [3.8, 4) is 0 Å². The number of esters is 3. The molecule has 3 rings (SSSR count). The van der Waals surface area contributed by atoms with Crippen molar-refractivity contribution >= 4 is 17.9 Å². The number of rotatable bonds is 7.